The van der Waals surface area contributed by atoms with Crippen molar-refractivity contribution in [2.24, 2.45) is 0 Å². The van der Waals surface area contributed by atoms with Gasteiger partial charge < -0.3 is 19.7 Å². The van der Waals surface area contributed by atoms with Gasteiger partial charge in [-0.05, 0) is 55.6 Å². The molecule has 1 N–H and O–H groups in total. The second-order valence-corrected chi connectivity index (χ2v) is 6.62. The van der Waals surface area contributed by atoms with Gasteiger partial charge in [-0.25, -0.2) is 4.39 Å². The standard InChI is InChI=1S/C23H27FN2O3/c1-5-13-29-21-11-9-17(14-22(21)28-4)10-12-23(27)25-16-20(26(2)3)18-7-6-8-19(24)15-18/h5-12,14-15,20H,1,13,16H2,2-4H3,(H,25,27)/b12-10+. The maximum absolute atomic E-state index is 13.5. The molecule has 0 bridgehead atoms. The molecule has 0 radical (unpaired) electrons. The van der Waals surface area contributed by atoms with E-state index in [2.05, 4.69) is 11.9 Å². The molecule has 2 aromatic rings. The summed E-state index contributed by atoms with van der Waals surface area (Å²) in [5.41, 5.74) is 1.61. The van der Waals surface area contributed by atoms with E-state index >= 15 is 0 Å². The predicted molar refractivity (Wildman–Crippen MR) is 114 cm³/mol. The highest BCUT2D eigenvalue weighted by Gasteiger charge is 2.15. The Morgan fingerprint density at radius 3 is 2.69 bits per heavy atom. The highest BCUT2D eigenvalue weighted by atomic mass is 19.1. The van der Waals surface area contributed by atoms with Crippen molar-refractivity contribution in [3.8, 4) is 11.5 Å². The van der Waals surface area contributed by atoms with Crippen LogP contribution in [0.5, 0.6) is 11.5 Å². The number of methoxy groups -OCH3 is 1. The lowest BCUT2D eigenvalue weighted by Gasteiger charge is -2.24. The molecule has 0 saturated heterocycles. The summed E-state index contributed by atoms with van der Waals surface area (Å²) in [7, 11) is 5.34. The number of amides is 1. The van der Waals surface area contributed by atoms with E-state index in [1.807, 2.05) is 31.1 Å². The fraction of sp³-hybridized carbons (Fsp3) is 0.261. The quantitative estimate of drug-likeness (QED) is 0.488. The first-order valence-electron chi connectivity index (χ1n) is 9.24. The molecule has 0 aliphatic heterocycles. The normalized spacial score (nSPS) is 12.0. The Labute approximate surface area is 171 Å². The maximum atomic E-state index is 13.5. The lowest BCUT2D eigenvalue weighted by atomic mass is 10.1. The Balaban J connectivity index is 2.00. The van der Waals surface area contributed by atoms with Gasteiger partial charge in [0.15, 0.2) is 11.5 Å². The van der Waals surface area contributed by atoms with Crippen LogP contribution in [0.3, 0.4) is 0 Å². The van der Waals surface area contributed by atoms with Gasteiger partial charge in [-0.15, -0.1) is 0 Å². The molecule has 0 aliphatic rings. The summed E-state index contributed by atoms with van der Waals surface area (Å²) in [4.78, 5) is 14.2. The van der Waals surface area contributed by atoms with Gasteiger partial charge in [0.2, 0.25) is 5.91 Å². The summed E-state index contributed by atoms with van der Waals surface area (Å²) < 4.78 is 24.4. The molecule has 1 amide bonds. The van der Waals surface area contributed by atoms with Crippen molar-refractivity contribution in [3.05, 3.63) is 78.1 Å². The summed E-state index contributed by atoms with van der Waals surface area (Å²) in [6.45, 7) is 4.36. The molecular weight excluding hydrogens is 371 g/mol. The van der Waals surface area contributed by atoms with E-state index in [9.17, 15) is 9.18 Å². The van der Waals surface area contributed by atoms with Crippen LogP contribution < -0.4 is 14.8 Å². The number of halogens is 1. The van der Waals surface area contributed by atoms with E-state index in [-0.39, 0.29) is 17.8 Å². The van der Waals surface area contributed by atoms with Crippen LogP contribution in [-0.2, 0) is 4.79 Å². The largest absolute Gasteiger partial charge is 0.493 e. The second kappa shape index (κ2) is 11.0. The van der Waals surface area contributed by atoms with Crippen molar-refractivity contribution in [2.75, 3.05) is 34.4 Å². The number of ether oxygens (including phenoxy) is 2. The second-order valence-electron chi connectivity index (χ2n) is 6.62. The molecular formula is C23H27FN2O3. The summed E-state index contributed by atoms with van der Waals surface area (Å²) in [6, 6.07) is 11.7. The molecule has 2 aromatic carbocycles. The van der Waals surface area contributed by atoms with Crippen LogP contribution in [0, 0.1) is 5.82 Å². The van der Waals surface area contributed by atoms with Crippen LogP contribution >= 0.6 is 0 Å². The number of nitrogens with zero attached hydrogens (tertiary/aromatic N) is 1. The lowest BCUT2D eigenvalue weighted by Crippen LogP contribution is -2.33. The fourth-order valence-corrected chi connectivity index (χ4v) is 2.80. The van der Waals surface area contributed by atoms with Crippen LogP contribution in [0.1, 0.15) is 17.2 Å². The predicted octanol–water partition coefficient (Wildman–Crippen LogP) is 3.83. The van der Waals surface area contributed by atoms with Gasteiger partial charge in [-0.2, -0.15) is 0 Å². The van der Waals surface area contributed by atoms with Crippen LogP contribution in [0.25, 0.3) is 6.08 Å². The molecule has 1 atom stereocenters. The van der Waals surface area contributed by atoms with Crippen molar-refractivity contribution < 1.29 is 18.7 Å². The van der Waals surface area contributed by atoms with E-state index in [1.54, 1.807) is 37.5 Å². The number of carbonyl (C=O) groups is 1. The summed E-state index contributed by atoms with van der Waals surface area (Å²) in [6.07, 6.45) is 4.81. The minimum Gasteiger partial charge on any atom is -0.493 e. The zero-order valence-electron chi connectivity index (χ0n) is 17.0. The van der Waals surface area contributed by atoms with Crippen LogP contribution in [0.2, 0.25) is 0 Å². The summed E-state index contributed by atoms with van der Waals surface area (Å²) in [5.74, 6) is 0.653. The van der Waals surface area contributed by atoms with Gasteiger partial charge in [0.05, 0.1) is 13.2 Å². The smallest absolute Gasteiger partial charge is 0.244 e. The first kappa shape index (κ1) is 22.2. The lowest BCUT2D eigenvalue weighted by molar-refractivity contribution is -0.116. The van der Waals surface area contributed by atoms with Crippen molar-refractivity contribution in [2.45, 2.75) is 6.04 Å². The van der Waals surface area contributed by atoms with Gasteiger partial charge in [0, 0.05) is 12.6 Å². The molecule has 154 valence electrons. The first-order chi connectivity index (χ1) is 13.9. The Bertz CT molecular complexity index is 865. The van der Waals surface area contributed by atoms with Gasteiger partial charge >= 0.3 is 0 Å². The van der Waals surface area contributed by atoms with Gasteiger partial charge in [-0.1, -0.05) is 30.9 Å². The molecule has 6 heteroatoms. The third-order valence-corrected chi connectivity index (χ3v) is 4.30. The van der Waals surface area contributed by atoms with Crippen molar-refractivity contribution in [3.63, 3.8) is 0 Å². The van der Waals surface area contributed by atoms with E-state index in [0.717, 1.165) is 11.1 Å². The monoisotopic (exact) mass is 398 g/mol. The molecule has 0 aromatic heterocycles. The average molecular weight is 398 g/mol. The first-order valence-corrected chi connectivity index (χ1v) is 9.24. The highest BCUT2D eigenvalue weighted by molar-refractivity contribution is 5.91. The fourth-order valence-electron chi connectivity index (χ4n) is 2.80. The zero-order valence-corrected chi connectivity index (χ0v) is 17.0. The minimum atomic E-state index is -0.296. The molecule has 5 nitrogen and oxygen atoms in total. The van der Waals surface area contributed by atoms with Gasteiger partial charge in [-0.3, -0.25) is 4.79 Å². The van der Waals surface area contributed by atoms with Gasteiger partial charge in [0.25, 0.3) is 0 Å². The Hall–Kier alpha value is -3.12. The van der Waals surface area contributed by atoms with Crippen LogP contribution in [0.4, 0.5) is 4.39 Å². The highest BCUT2D eigenvalue weighted by Crippen LogP contribution is 2.28. The van der Waals surface area contributed by atoms with Gasteiger partial charge in [0.1, 0.15) is 12.4 Å². The van der Waals surface area contributed by atoms with E-state index < -0.39 is 0 Å². The molecule has 1 unspecified atom stereocenters. The third-order valence-electron chi connectivity index (χ3n) is 4.30. The number of hydrogen-bond donors (Lipinski definition) is 1. The molecule has 0 fully saturated rings. The number of nitrogens with one attached hydrogen (secondary N) is 1. The van der Waals surface area contributed by atoms with E-state index in [0.29, 0.717) is 24.7 Å². The molecule has 0 aliphatic carbocycles. The Kier molecular flexibility index (Phi) is 8.43. The summed E-state index contributed by atoms with van der Waals surface area (Å²) in [5, 5.41) is 2.86. The topological polar surface area (TPSA) is 50.8 Å². The Morgan fingerprint density at radius 2 is 2.03 bits per heavy atom. The number of hydrogen-bond acceptors (Lipinski definition) is 4. The number of rotatable bonds is 10. The number of benzene rings is 2. The number of carbonyl (C=O) groups excluding carboxylic acids is 1. The number of likely N-dealkylation sites (N-methyl/N-ethyl adjacent to an activating group) is 1. The van der Waals surface area contributed by atoms with Crippen LogP contribution in [0.15, 0.2) is 61.2 Å². The minimum absolute atomic E-state index is 0.135. The SMILES string of the molecule is C=CCOc1ccc(/C=C/C(=O)NCC(c2cccc(F)c2)N(C)C)cc1OC. The molecule has 29 heavy (non-hydrogen) atoms. The van der Waals surface area contributed by atoms with Crippen LogP contribution in [-0.4, -0.2) is 45.2 Å². The van der Waals surface area contributed by atoms with Crippen molar-refractivity contribution in [1.82, 2.24) is 10.2 Å². The summed E-state index contributed by atoms with van der Waals surface area (Å²) >= 11 is 0. The van der Waals surface area contributed by atoms with Crippen molar-refractivity contribution in [1.29, 1.82) is 0 Å². The zero-order chi connectivity index (χ0) is 21.2. The molecule has 2 rings (SSSR count). The molecule has 0 heterocycles. The van der Waals surface area contributed by atoms with Crippen molar-refractivity contribution >= 4 is 12.0 Å². The molecule has 0 spiro atoms. The maximum Gasteiger partial charge on any atom is 0.244 e. The molecule has 0 saturated carbocycles. The third kappa shape index (κ3) is 6.76. The van der Waals surface area contributed by atoms with E-state index in [1.165, 1.54) is 18.2 Å². The average Bonchev–Trinajstić information content (AvgIpc) is 2.71. The Morgan fingerprint density at radius 1 is 1.24 bits per heavy atom. The van der Waals surface area contributed by atoms with E-state index in [4.69, 9.17) is 9.47 Å².